The van der Waals surface area contributed by atoms with E-state index >= 15 is 0 Å². The zero-order valence-corrected chi connectivity index (χ0v) is 27.6. The summed E-state index contributed by atoms with van der Waals surface area (Å²) in [5.41, 5.74) is -5.05. The molecule has 9 heteroatoms. The number of Topliss-reactive ketones (excluding diaryl/α,β-unsaturated/α-hetero) is 1. The molecule has 7 rings (SSSR count). The Labute approximate surface area is 275 Å². The third-order valence-corrected chi connectivity index (χ3v) is 12.2. The monoisotopic (exact) mass is 646 g/mol. The highest BCUT2D eigenvalue weighted by Gasteiger charge is 2.89. The Hall–Kier alpha value is -2.92. The van der Waals surface area contributed by atoms with Crippen LogP contribution in [-0.2, 0) is 23.7 Å². The van der Waals surface area contributed by atoms with E-state index in [1.807, 2.05) is 26.0 Å². The van der Waals surface area contributed by atoms with Crippen LogP contribution in [0.3, 0.4) is 0 Å². The Kier molecular flexibility index (Phi) is 7.67. The van der Waals surface area contributed by atoms with Gasteiger partial charge in [0.05, 0.1) is 23.9 Å². The molecule has 3 bridgehead atoms. The minimum absolute atomic E-state index is 0.293. The van der Waals surface area contributed by atoms with Gasteiger partial charge >= 0.3 is 11.9 Å². The maximum atomic E-state index is 13.9. The molecule has 0 aromatic heterocycles. The first-order valence-corrected chi connectivity index (χ1v) is 17.0. The van der Waals surface area contributed by atoms with Crippen LogP contribution in [-0.4, -0.2) is 74.8 Å². The van der Waals surface area contributed by atoms with E-state index in [1.165, 1.54) is 0 Å². The number of hydrogen-bond donors (Lipinski definition) is 3. The number of carbonyl (C=O) groups is 2. The maximum Gasteiger partial charge on any atom is 0.338 e. The lowest BCUT2D eigenvalue weighted by Crippen LogP contribution is -2.76. The lowest BCUT2D eigenvalue weighted by Gasteiger charge is -2.61. The summed E-state index contributed by atoms with van der Waals surface area (Å²) in [7, 11) is 0. The van der Waals surface area contributed by atoms with Gasteiger partial charge in [0.2, 0.25) is 0 Å². The molecule has 5 fully saturated rings. The summed E-state index contributed by atoms with van der Waals surface area (Å²) < 4.78 is 27.3. The van der Waals surface area contributed by atoms with Crippen LogP contribution in [0.4, 0.5) is 0 Å². The largest absolute Gasteiger partial charge is 0.455 e. The molecule has 1 aromatic carbocycles. The molecule has 252 valence electrons. The van der Waals surface area contributed by atoms with Crippen LogP contribution in [0.5, 0.6) is 0 Å². The fourth-order valence-corrected chi connectivity index (χ4v) is 9.84. The van der Waals surface area contributed by atoms with Crippen LogP contribution < -0.4 is 0 Å². The van der Waals surface area contributed by atoms with E-state index in [4.69, 9.17) is 18.9 Å². The molecule has 3 saturated carbocycles. The van der Waals surface area contributed by atoms with E-state index in [9.17, 15) is 24.9 Å². The van der Waals surface area contributed by atoms with Gasteiger partial charge in [-0.25, -0.2) is 4.79 Å². The normalized spacial score (nSPS) is 45.8. The zero-order chi connectivity index (χ0) is 33.6. The van der Waals surface area contributed by atoms with E-state index in [-0.39, 0.29) is 0 Å². The Morgan fingerprint density at radius 2 is 1.91 bits per heavy atom. The van der Waals surface area contributed by atoms with E-state index in [1.54, 1.807) is 49.4 Å². The van der Waals surface area contributed by atoms with Gasteiger partial charge in [0.1, 0.15) is 12.2 Å². The molecule has 1 aromatic rings. The van der Waals surface area contributed by atoms with Crippen molar-refractivity contribution in [2.75, 3.05) is 6.61 Å². The predicted molar refractivity (Wildman–Crippen MR) is 172 cm³/mol. The first-order chi connectivity index (χ1) is 22.4. The second-order valence-electron chi connectivity index (χ2n) is 14.6. The van der Waals surface area contributed by atoms with Crippen LogP contribution in [0, 0.1) is 29.1 Å². The summed E-state index contributed by atoms with van der Waals surface area (Å²) in [5, 5.41) is 35.2. The number of benzene rings is 1. The van der Waals surface area contributed by atoms with Gasteiger partial charge in [-0.3, -0.25) is 4.79 Å². The zero-order valence-electron chi connectivity index (χ0n) is 27.6. The van der Waals surface area contributed by atoms with E-state index in [2.05, 4.69) is 19.6 Å². The Morgan fingerprint density at radius 1 is 1.17 bits per heavy atom. The number of unbranched alkanes of at least 4 members (excludes halogenated alkanes) is 3. The summed E-state index contributed by atoms with van der Waals surface area (Å²) in [5.74, 6) is -5.66. The SMILES string of the molecule is C=C(C)[C@@]12OC3(/C=C/C=C/CCCCC)O[C@@H]1[C@@H]1[C@@H]4C[C@]4(CO)[C@@H](O)[C@]4(O)C(=O)C(C)=C[C@H]4[C@@]1(O3)[C@H](C)[C@H]2OC(=O)c1ccccc1. The minimum Gasteiger partial charge on any atom is -0.455 e. The van der Waals surface area contributed by atoms with Crippen LogP contribution in [0.2, 0.25) is 0 Å². The molecule has 0 spiro atoms. The van der Waals surface area contributed by atoms with Crippen molar-refractivity contribution in [3.63, 3.8) is 0 Å². The highest BCUT2D eigenvalue weighted by molar-refractivity contribution is 6.05. The maximum absolute atomic E-state index is 13.9. The van der Waals surface area contributed by atoms with Crippen molar-refractivity contribution in [2.45, 2.75) is 101 Å². The van der Waals surface area contributed by atoms with Gasteiger partial charge in [-0.15, -0.1) is 0 Å². The second kappa shape index (κ2) is 11.1. The molecule has 3 N–H and O–H groups in total. The number of rotatable bonds is 10. The van der Waals surface area contributed by atoms with Crippen molar-refractivity contribution in [2.24, 2.45) is 29.1 Å². The van der Waals surface area contributed by atoms with Gasteiger partial charge in [0.15, 0.2) is 17.0 Å². The minimum atomic E-state index is -2.29. The molecule has 2 aliphatic heterocycles. The molecule has 2 saturated heterocycles. The van der Waals surface area contributed by atoms with Gasteiger partial charge in [0.25, 0.3) is 0 Å². The highest BCUT2D eigenvalue weighted by atomic mass is 16.9. The molecule has 47 heavy (non-hydrogen) atoms. The summed E-state index contributed by atoms with van der Waals surface area (Å²) in [6.45, 7) is 11.4. The third-order valence-electron chi connectivity index (χ3n) is 12.2. The fraction of sp³-hybridized carbons (Fsp3) is 0.579. The number of ether oxygens (including phenoxy) is 4. The van der Waals surface area contributed by atoms with Crippen LogP contribution in [0.25, 0.3) is 0 Å². The highest BCUT2D eigenvalue weighted by Crippen LogP contribution is 2.77. The molecular formula is C38H46O9. The van der Waals surface area contributed by atoms with Crippen molar-refractivity contribution >= 4 is 11.8 Å². The Bertz CT molecular complexity index is 1570. The van der Waals surface area contributed by atoms with E-state index in [0.29, 0.717) is 23.1 Å². The second-order valence-corrected chi connectivity index (χ2v) is 14.6. The summed E-state index contributed by atoms with van der Waals surface area (Å²) in [4.78, 5) is 27.7. The molecular weight excluding hydrogens is 600 g/mol. The average Bonchev–Trinajstić information content (AvgIpc) is 3.69. The van der Waals surface area contributed by atoms with Crippen molar-refractivity contribution < 1.29 is 43.9 Å². The van der Waals surface area contributed by atoms with Crippen LogP contribution in [0.1, 0.15) is 70.2 Å². The number of carbonyl (C=O) groups excluding carboxylic acids is 2. The molecule has 4 aliphatic carbocycles. The Morgan fingerprint density at radius 3 is 2.60 bits per heavy atom. The standard InChI is InChI=1S/C38H46O9/c1-6-7-8-9-10-11-15-18-35-45-31-28-26-20-34(26,21-39)33(42)36(43)27(19-23(4)29(36)40)38(28,47-35)24(5)30(37(31,46-35)22(2)3)44-32(41)25-16-13-12-14-17-25/h10-19,24,26-28,30-31,33,39,42-43H,2,6-9,20-21H2,1,3-5H3/b11-10+,18-15+/t24-,26+,27-,28+,30-,31-,33-,34-,35?,36-,37+,38+/m1/s1. The van der Waals surface area contributed by atoms with Gasteiger partial charge in [-0.2, -0.15) is 0 Å². The van der Waals surface area contributed by atoms with Crippen molar-refractivity contribution in [3.8, 4) is 0 Å². The molecule has 1 unspecified atom stereocenters. The summed E-state index contributed by atoms with van der Waals surface area (Å²) in [6.07, 6.45) is 10.4. The lowest BCUT2D eigenvalue weighted by atomic mass is 9.52. The lowest BCUT2D eigenvalue weighted by molar-refractivity contribution is -0.407. The number of aliphatic hydroxyl groups is 3. The number of aliphatic hydroxyl groups excluding tert-OH is 2. The van der Waals surface area contributed by atoms with Gasteiger partial charge in [0, 0.05) is 29.2 Å². The van der Waals surface area contributed by atoms with E-state index < -0.39 is 88.5 Å². The molecule has 0 radical (unpaired) electrons. The molecule has 12 atom stereocenters. The first-order valence-electron chi connectivity index (χ1n) is 17.0. The number of hydrogen-bond acceptors (Lipinski definition) is 9. The third kappa shape index (κ3) is 4.17. The van der Waals surface area contributed by atoms with Crippen LogP contribution in [0.15, 0.2) is 78.4 Å². The predicted octanol–water partition coefficient (Wildman–Crippen LogP) is 4.57. The van der Waals surface area contributed by atoms with Crippen molar-refractivity contribution in [1.29, 1.82) is 0 Å². The topological polar surface area (TPSA) is 132 Å². The smallest absolute Gasteiger partial charge is 0.338 e. The quantitative estimate of drug-likeness (QED) is 0.145. The van der Waals surface area contributed by atoms with Gasteiger partial charge in [-0.05, 0) is 62.3 Å². The number of fused-ring (bicyclic) bond motifs is 3. The molecule has 9 nitrogen and oxygen atoms in total. The van der Waals surface area contributed by atoms with Crippen molar-refractivity contribution in [3.05, 3.63) is 84.0 Å². The summed E-state index contributed by atoms with van der Waals surface area (Å²) >= 11 is 0. The average molecular weight is 647 g/mol. The van der Waals surface area contributed by atoms with E-state index in [0.717, 1.165) is 25.7 Å². The summed E-state index contributed by atoms with van der Waals surface area (Å²) in [6, 6.07) is 8.66. The first kappa shape index (κ1) is 32.6. The molecule has 2 heterocycles. The number of ketones is 1. The number of allylic oxidation sites excluding steroid dienone is 3. The Balaban J connectivity index is 1.41. The molecule has 6 aliphatic rings. The number of esters is 1. The van der Waals surface area contributed by atoms with Gasteiger partial charge in [-0.1, -0.05) is 75.8 Å². The van der Waals surface area contributed by atoms with Crippen LogP contribution >= 0.6 is 0 Å². The fourth-order valence-electron chi connectivity index (χ4n) is 9.84. The van der Waals surface area contributed by atoms with Crippen molar-refractivity contribution in [1.82, 2.24) is 0 Å². The van der Waals surface area contributed by atoms with Gasteiger partial charge < -0.3 is 34.3 Å². The molecule has 0 amide bonds.